The van der Waals surface area contributed by atoms with Crippen LogP contribution in [0.4, 0.5) is 0 Å². The van der Waals surface area contributed by atoms with E-state index in [1.54, 1.807) is 0 Å². The molecule has 0 saturated heterocycles. The third kappa shape index (κ3) is 5.28. The van der Waals surface area contributed by atoms with Crippen LogP contribution >= 0.6 is 0 Å². The van der Waals surface area contributed by atoms with Gasteiger partial charge < -0.3 is 22.7 Å². The van der Waals surface area contributed by atoms with Gasteiger partial charge in [-0.25, -0.2) is 0 Å². The van der Waals surface area contributed by atoms with Crippen LogP contribution in [0.5, 0.6) is 0 Å². The molecule has 0 aliphatic rings. The first-order valence-corrected chi connectivity index (χ1v) is 24.6. The highest BCUT2D eigenvalue weighted by Gasteiger charge is 2.36. The first-order valence-electron chi connectivity index (χ1n) is 24.6. The minimum atomic E-state index is 0.508. The molecule has 0 unspecified atom stereocenters. The van der Waals surface area contributed by atoms with Crippen LogP contribution in [-0.2, 0) is 0 Å². The van der Waals surface area contributed by atoms with Gasteiger partial charge in [0.05, 0.1) is 66.9 Å². The predicted molar refractivity (Wildman–Crippen MR) is 299 cm³/mol. The van der Waals surface area contributed by atoms with Gasteiger partial charge in [0.1, 0.15) is 22.7 Å². The molecule has 0 atom stereocenters. The van der Waals surface area contributed by atoms with Crippen LogP contribution in [0.1, 0.15) is 5.56 Å². The molecular weight excluding hydrogens is 893 g/mol. The number of nitriles is 1. The highest BCUT2D eigenvalue weighted by molar-refractivity contribution is 6.19. The number of furan rings is 1. The van der Waals surface area contributed by atoms with E-state index in [1.807, 2.05) is 18.3 Å². The Kier molecular flexibility index (Phi) is 8.11. The highest BCUT2D eigenvalue weighted by Crippen LogP contribution is 2.53. The quantitative estimate of drug-likeness (QED) is 0.173. The fourth-order valence-corrected chi connectivity index (χ4v) is 12.4. The molecule has 73 heavy (non-hydrogen) atoms. The largest absolute Gasteiger partial charge is 0.454 e. The third-order valence-electron chi connectivity index (χ3n) is 15.2. The van der Waals surface area contributed by atoms with Gasteiger partial charge in [-0.05, 0) is 66.7 Å². The van der Waals surface area contributed by atoms with E-state index in [1.165, 1.54) is 0 Å². The number of aromatic nitrogens is 5. The molecule has 10 aromatic carbocycles. The predicted octanol–water partition coefficient (Wildman–Crippen LogP) is 16.9. The van der Waals surface area contributed by atoms with Crippen LogP contribution in [0.2, 0.25) is 0 Å². The van der Waals surface area contributed by atoms with E-state index in [9.17, 15) is 5.26 Å². The second kappa shape index (κ2) is 14.9. The molecule has 16 rings (SSSR count). The summed E-state index contributed by atoms with van der Waals surface area (Å²) in [7, 11) is 0. The van der Waals surface area contributed by atoms with Gasteiger partial charge in [0.25, 0.3) is 0 Å². The maximum absolute atomic E-state index is 12.8. The number of hydrogen-bond acceptors (Lipinski definition) is 3. The summed E-state index contributed by atoms with van der Waals surface area (Å²) in [5.41, 5.74) is 15.6. The summed E-state index contributed by atoms with van der Waals surface area (Å²) in [5, 5.41) is 22.5. The summed E-state index contributed by atoms with van der Waals surface area (Å²) in [6, 6.07) is 82.5. The summed E-state index contributed by atoms with van der Waals surface area (Å²) in [6.07, 6.45) is 1.83. The van der Waals surface area contributed by atoms with E-state index in [2.05, 4.69) is 237 Å². The molecular formula is C66H38N6O. The van der Waals surface area contributed by atoms with Gasteiger partial charge in [0, 0.05) is 65.8 Å². The van der Waals surface area contributed by atoms with Crippen molar-refractivity contribution in [3.05, 3.63) is 236 Å². The van der Waals surface area contributed by atoms with Crippen LogP contribution in [0, 0.1) is 11.3 Å². The number of pyridine rings is 1. The lowest BCUT2D eigenvalue weighted by atomic mass is 9.92. The second-order valence-electron chi connectivity index (χ2n) is 18.9. The Bertz CT molecular complexity index is 4600. The molecule has 16 aromatic rings. The number of para-hydroxylation sites is 9. The number of hydrogen-bond donors (Lipinski definition) is 0. The van der Waals surface area contributed by atoms with Crippen molar-refractivity contribution in [2.75, 3.05) is 0 Å². The average Bonchev–Trinajstić information content (AvgIpc) is 4.26. The normalized spacial score (nSPS) is 12.1. The summed E-state index contributed by atoms with van der Waals surface area (Å²) in [4.78, 5) is 4.94. The van der Waals surface area contributed by atoms with E-state index in [0.29, 0.717) is 16.7 Å². The molecule has 0 radical (unpaired) electrons. The molecule has 0 aliphatic heterocycles. The van der Waals surface area contributed by atoms with Gasteiger partial charge in [-0.15, -0.1) is 0 Å². The second-order valence-corrected chi connectivity index (χ2v) is 18.9. The SMILES string of the molecule is N#Cc1c(-n2c3ccccc3c3ccccc32)c(-n2c3ccccc3c3ccccc32)c(-c2cccc3c2oc2cccnc23)c(-n2c3ccccc3c3ccccc32)c1-n1c2ccccc2c2ccccc21. The Morgan fingerprint density at radius 3 is 0.986 bits per heavy atom. The fourth-order valence-electron chi connectivity index (χ4n) is 12.4. The zero-order valence-electron chi connectivity index (χ0n) is 39.0. The highest BCUT2D eigenvalue weighted by atomic mass is 16.3. The van der Waals surface area contributed by atoms with Crippen molar-refractivity contribution in [1.29, 1.82) is 5.26 Å². The Balaban J connectivity index is 1.29. The lowest BCUT2D eigenvalue weighted by Gasteiger charge is -2.29. The summed E-state index contributed by atoms with van der Waals surface area (Å²) < 4.78 is 16.7. The first kappa shape index (κ1) is 39.7. The van der Waals surface area contributed by atoms with E-state index in [4.69, 9.17) is 9.40 Å². The number of nitrogens with zero attached hydrogens (tertiary/aromatic N) is 6. The van der Waals surface area contributed by atoms with Gasteiger partial charge in [-0.3, -0.25) is 4.98 Å². The Hall–Kier alpha value is -10.2. The van der Waals surface area contributed by atoms with Crippen molar-refractivity contribution in [1.82, 2.24) is 23.3 Å². The minimum Gasteiger partial charge on any atom is -0.454 e. The van der Waals surface area contributed by atoms with E-state index >= 15 is 0 Å². The van der Waals surface area contributed by atoms with Crippen molar-refractivity contribution in [3.8, 4) is 39.9 Å². The van der Waals surface area contributed by atoms with E-state index in [0.717, 1.165) is 132 Å². The number of fused-ring (bicyclic) bond motifs is 15. The van der Waals surface area contributed by atoms with Crippen molar-refractivity contribution in [2.45, 2.75) is 0 Å². The maximum Gasteiger partial charge on any atom is 0.153 e. The van der Waals surface area contributed by atoms with E-state index in [-0.39, 0.29) is 0 Å². The summed E-state index contributed by atoms with van der Waals surface area (Å²) in [5.74, 6) is 0. The monoisotopic (exact) mass is 930 g/mol. The molecule has 6 aromatic heterocycles. The molecule has 0 amide bonds. The van der Waals surface area contributed by atoms with Gasteiger partial charge in [-0.1, -0.05) is 158 Å². The molecule has 0 N–H and O–H groups in total. The number of benzene rings is 10. The average molecular weight is 931 g/mol. The van der Waals surface area contributed by atoms with Crippen molar-refractivity contribution < 1.29 is 4.42 Å². The molecule has 0 aliphatic carbocycles. The Morgan fingerprint density at radius 1 is 0.329 bits per heavy atom. The Morgan fingerprint density at radius 2 is 0.644 bits per heavy atom. The number of rotatable bonds is 5. The summed E-state index contributed by atoms with van der Waals surface area (Å²) >= 11 is 0. The molecule has 0 saturated carbocycles. The smallest absolute Gasteiger partial charge is 0.153 e. The standard InChI is InChI=1S/C66H38N6O/c67-39-50-62(69-51-29-9-1-19-40(51)41-20-2-10-30-52(41)69)64(71-55-33-13-5-23-44(55)45-24-6-14-34-56(45)71)60(48-27-17-28-49-61-59(73-66(48)49)37-18-38-68-61)65(72-57-35-15-7-25-46(57)47-26-8-16-36-58(47)72)63(50)70-53-31-11-3-21-42(53)43-22-4-12-32-54(43)70/h1-38H. The lowest BCUT2D eigenvalue weighted by Crippen LogP contribution is -2.16. The molecule has 7 heteroatoms. The topological polar surface area (TPSA) is 69.5 Å². The van der Waals surface area contributed by atoms with Crippen molar-refractivity contribution in [3.63, 3.8) is 0 Å². The summed E-state index contributed by atoms with van der Waals surface area (Å²) in [6.45, 7) is 0. The van der Waals surface area contributed by atoms with Crippen molar-refractivity contribution in [2.24, 2.45) is 0 Å². The van der Waals surface area contributed by atoms with E-state index < -0.39 is 0 Å². The van der Waals surface area contributed by atoms with Gasteiger partial charge in [-0.2, -0.15) is 5.26 Å². The molecule has 0 spiro atoms. The van der Waals surface area contributed by atoms with Gasteiger partial charge in [0.2, 0.25) is 0 Å². The van der Waals surface area contributed by atoms with Crippen LogP contribution in [0.25, 0.3) is 143 Å². The molecule has 6 heterocycles. The van der Waals surface area contributed by atoms with Gasteiger partial charge in [0.15, 0.2) is 5.58 Å². The van der Waals surface area contributed by atoms with Crippen LogP contribution in [-0.4, -0.2) is 23.3 Å². The third-order valence-corrected chi connectivity index (χ3v) is 15.2. The molecule has 0 fully saturated rings. The van der Waals surface area contributed by atoms with Crippen LogP contribution < -0.4 is 0 Å². The molecule has 7 nitrogen and oxygen atoms in total. The van der Waals surface area contributed by atoms with Crippen LogP contribution in [0.15, 0.2) is 235 Å². The minimum absolute atomic E-state index is 0.508. The Labute approximate surface area is 416 Å². The fraction of sp³-hybridized carbons (Fsp3) is 0. The zero-order chi connectivity index (χ0) is 47.9. The van der Waals surface area contributed by atoms with Gasteiger partial charge >= 0.3 is 0 Å². The molecule has 338 valence electrons. The first-order chi connectivity index (χ1) is 36.3. The van der Waals surface area contributed by atoms with Crippen LogP contribution in [0.3, 0.4) is 0 Å². The maximum atomic E-state index is 12.8. The lowest BCUT2D eigenvalue weighted by molar-refractivity contribution is 0.669. The zero-order valence-corrected chi connectivity index (χ0v) is 39.0. The van der Waals surface area contributed by atoms with Crippen molar-refractivity contribution >= 4 is 109 Å². The molecule has 0 bridgehead atoms.